The van der Waals surface area contributed by atoms with Crippen molar-refractivity contribution >= 4 is 5.97 Å². The maximum atomic E-state index is 13.5. The molecule has 4 nitrogen and oxygen atoms in total. The smallest absolute Gasteiger partial charge is 0.310 e. The summed E-state index contributed by atoms with van der Waals surface area (Å²) < 4.78 is 13.5. The normalized spacial score (nSPS) is 12.2. The van der Waals surface area contributed by atoms with Gasteiger partial charge in [-0.15, -0.1) is 0 Å². The molecule has 0 aliphatic heterocycles. The largest absolute Gasteiger partial charge is 0.481 e. The first-order valence-electron chi connectivity index (χ1n) is 6.65. The monoisotopic (exact) mass is 288 g/mol. The van der Waals surface area contributed by atoms with E-state index in [1.54, 1.807) is 33.8 Å². The molecule has 1 atom stereocenters. The fraction of sp³-hybridized carbons (Fsp3) is 0.312. The second-order valence-corrected chi connectivity index (χ2v) is 5.21. The van der Waals surface area contributed by atoms with Crippen LogP contribution in [0.15, 0.2) is 18.2 Å². The molecule has 0 fully saturated rings. The van der Waals surface area contributed by atoms with Gasteiger partial charge in [0, 0.05) is 22.5 Å². The number of halogens is 1. The molecule has 0 aliphatic carbocycles. The van der Waals surface area contributed by atoms with E-state index in [9.17, 15) is 9.18 Å². The van der Waals surface area contributed by atoms with Gasteiger partial charge in [0.1, 0.15) is 5.82 Å². The highest BCUT2D eigenvalue weighted by Gasteiger charge is 2.21. The van der Waals surface area contributed by atoms with Crippen LogP contribution in [0.2, 0.25) is 0 Å². The molecule has 1 N–H and O–H groups in total. The molecule has 1 aromatic heterocycles. The third kappa shape index (κ3) is 3.07. The minimum atomic E-state index is -0.917. The zero-order chi connectivity index (χ0) is 15.7. The van der Waals surface area contributed by atoms with Gasteiger partial charge in [0.05, 0.1) is 5.92 Å². The summed E-state index contributed by atoms with van der Waals surface area (Å²) in [6, 6.07) is 4.61. The van der Waals surface area contributed by atoms with E-state index < -0.39 is 11.9 Å². The summed E-state index contributed by atoms with van der Waals surface area (Å²) in [4.78, 5) is 19.8. The van der Waals surface area contributed by atoms with E-state index in [4.69, 9.17) is 5.11 Å². The third-order valence-corrected chi connectivity index (χ3v) is 3.43. The molecule has 1 aromatic carbocycles. The molecular formula is C16H17FN2O2. The van der Waals surface area contributed by atoms with Crippen molar-refractivity contribution in [2.75, 3.05) is 0 Å². The van der Waals surface area contributed by atoms with E-state index in [1.807, 2.05) is 0 Å². The molecule has 2 aromatic rings. The number of carboxylic acids is 1. The summed E-state index contributed by atoms with van der Waals surface area (Å²) in [6.07, 6.45) is 0. The lowest BCUT2D eigenvalue weighted by molar-refractivity contribution is -0.138. The number of carboxylic acid groups (broad SMARTS) is 1. The summed E-state index contributed by atoms with van der Waals surface area (Å²) in [5.41, 5.74) is 3.20. The molecule has 110 valence electrons. The van der Waals surface area contributed by atoms with E-state index in [0.29, 0.717) is 28.3 Å². The minimum absolute atomic E-state index is 0.341. The van der Waals surface area contributed by atoms with Crippen molar-refractivity contribution < 1.29 is 14.3 Å². The van der Waals surface area contributed by atoms with Gasteiger partial charge in [-0.05, 0) is 51.5 Å². The number of aromatic nitrogens is 2. The van der Waals surface area contributed by atoms with Crippen molar-refractivity contribution in [2.45, 2.75) is 33.6 Å². The predicted octanol–water partition coefficient (Wildman–Crippen LogP) is 3.40. The van der Waals surface area contributed by atoms with Gasteiger partial charge in [-0.3, -0.25) is 4.79 Å². The standard InChI is InChI=1S/C16H17FN2O2/c1-8-5-12(7-13(17)6-8)15-18-10(3)14(11(4)19-15)9(2)16(20)21/h5-7,9H,1-4H3,(H,20,21). The molecule has 1 heterocycles. The number of hydrogen-bond acceptors (Lipinski definition) is 3. The van der Waals surface area contributed by atoms with Crippen LogP contribution >= 0.6 is 0 Å². The fourth-order valence-electron chi connectivity index (χ4n) is 2.47. The number of aryl methyl sites for hydroxylation is 3. The van der Waals surface area contributed by atoms with Crippen LogP contribution in [0.25, 0.3) is 11.4 Å². The number of aliphatic carboxylic acids is 1. The van der Waals surface area contributed by atoms with Crippen molar-refractivity contribution in [3.63, 3.8) is 0 Å². The third-order valence-electron chi connectivity index (χ3n) is 3.43. The Morgan fingerprint density at radius 2 is 1.71 bits per heavy atom. The summed E-state index contributed by atoms with van der Waals surface area (Å²) in [6.45, 7) is 6.90. The molecular weight excluding hydrogens is 271 g/mol. The van der Waals surface area contributed by atoms with Crippen molar-refractivity contribution in [3.05, 3.63) is 46.5 Å². The Kier molecular flexibility index (Phi) is 4.02. The van der Waals surface area contributed by atoms with Crippen LogP contribution in [0.4, 0.5) is 4.39 Å². The summed E-state index contributed by atoms with van der Waals surface area (Å²) in [5.74, 6) is -1.52. The Labute approximate surface area is 122 Å². The summed E-state index contributed by atoms with van der Waals surface area (Å²) in [5, 5.41) is 9.14. The number of benzene rings is 1. The highest BCUT2D eigenvalue weighted by Crippen LogP contribution is 2.25. The summed E-state index contributed by atoms with van der Waals surface area (Å²) >= 11 is 0. The zero-order valence-electron chi connectivity index (χ0n) is 12.4. The number of rotatable bonds is 3. The Bertz CT molecular complexity index is 670. The Morgan fingerprint density at radius 3 is 2.19 bits per heavy atom. The molecule has 5 heteroatoms. The van der Waals surface area contributed by atoms with Crippen molar-refractivity contribution in [1.82, 2.24) is 9.97 Å². The lowest BCUT2D eigenvalue weighted by Gasteiger charge is -2.14. The average Bonchev–Trinajstić information content (AvgIpc) is 2.36. The molecule has 1 unspecified atom stereocenters. The first-order chi connectivity index (χ1) is 9.79. The molecule has 21 heavy (non-hydrogen) atoms. The van der Waals surface area contributed by atoms with Crippen LogP contribution in [0.1, 0.15) is 35.4 Å². The highest BCUT2D eigenvalue weighted by atomic mass is 19.1. The van der Waals surface area contributed by atoms with Crippen molar-refractivity contribution in [2.24, 2.45) is 0 Å². The lowest BCUT2D eigenvalue weighted by Crippen LogP contribution is -2.13. The zero-order valence-corrected chi connectivity index (χ0v) is 12.4. The Hall–Kier alpha value is -2.30. The average molecular weight is 288 g/mol. The van der Waals surface area contributed by atoms with Crippen LogP contribution < -0.4 is 0 Å². The van der Waals surface area contributed by atoms with E-state index in [1.165, 1.54) is 12.1 Å². The Morgan fingerprint density at radius 1 is 1.14 bits per heavy atom. The van der Waals surface area contributed by atoms with Gasteiger partial charge in [0.25, 0.3) is 0 Å². The fourth-order valence-corrected chi connectivity index (χ4v) is 2.47. The maximum Gasteiger partial charge on any atom is 0.310 e. The van der Waals surface area contributed by atoms with E-state index in [2.05, 4.69) is 9.97 Å². The van der Waals surface area contributed by atoms with E-state index >= 15 is 0 Å². The molecule has 0 bridgehead atoms. The second-order valence-electron chi connectivity index (χ2n) is 5.21. The van der Waals surface area contributed by atoms with E-state index in [-0.39, 0.29) is 5.82 Å². The topological polar surface area (TPSA) is 63.1 Å². The number of hydrogen-bond donors (Lipinski definition) is 1. The van der Waals surface area contributed by atoms with Gasteiger partial charge in [-0.1, -0.05) is 0 Å². The van der Waals surface area contributed by atoms with Gasteiger partial charge < -0.3 is 5.11 Å². The van der Waals surface area contributed by atoms with Gasteiger partial charge >= 0.3 is 5.97 Å². The number of nitrogens with zero attached hydrogens (tertiary/aromatic N) is 2. The molecule has 0 radical (unpaired) electrons. The quantitative estimate of drug-likeness (QED) is 0.940. The van der Waals surface area contributed by atoms with Gasteiger partial charge in [0.2, 0.25) is 0 Å². The lowest BCUT2D eigenvalue weighted by atomic mass is 9.98. The predicted molar refractivity (Wildman–Crippen MR) is 77.7 cm³/mol. The van der Waals surface area contributed by atoms with Gasteiger partial charge in [-0.25, -0.2) is 14.4 Å². The molecule has 0 aliphatic rings. The number of carbonyl (C=O) groups is 1. The molecule has 0 amide bonds. The first kappa shape index (κ1) is 15.1. The SMILES string of the molecule is Cc1cc(F)cc(-c2nc(C)c(C(C)C(=O)O)c(C)n2)c1. The van der Waals surface area contributed by atoms with Crippen LogP contribution in [-0.2, 0) is 4.79 Å². The van der Waals surface area contributed by atoms with Gasteiger partial charge in [-0.2, -0.15) is 0 Å². The maximum absolute atomic E-state index is 13.5. The Balaban J connectivity index is 2.56. The molecule has 0 spiro atoms. The van der Waals surface area contributed by atoms with Gasteiger partial charge in [0.15, 0.2) is 5.82 Å². The second kappa shape index (κ2) is 5.60. The summed E-state index contributed by atoms with van der Waals surface area (Å²) in [7, 11) is 0. The first-order valence-corrected chi connectivity index (χ1v) is 6.65. The highest BCUT2D eigenvalue weighted by molar-refractivity contribution is 5.76. The van der Waals surface area contributed by atoms with E-state index in [0.717, 1.165) is 5.56 Å². The van der Waals surface area contributed by atoms with Crippen LogP contribution in [-0.4, -0.2) is 21.0 Å². The molecule has 2 rings (SSSR count). The molecule has 0 saturated carbocycles. The van der Waals surface area contributed by atoms with Crippen molar-refractivity contribution in [3.8, 4) is 11.4 Å². The minimum Gasteiger partial charge on any atom is -0.481 e. The van der Waals surface area contributed by atoms with Crippen LogP contribution in [0.3, 0.4) is 0 Å². The van der Waals surface area contributed by atoms with Crippen LogP contribution in [0.5, 0.6) is 0 Å². The molecule has 0 saturated heterocycles. The van der Waals surface area contributed by atoms with Crippen LogP contribution in [0, 0.1) is 26.6 Å². The van der Waals surface area contributed by atoms with Crippen molar-refractivity contribution in [1.29, 1.82) is 0 Å².